The lowest BCUT2D eigenvalue weighted by Crippen LogP contribution is -2.44. The number of benzene rings is 2. The highest BCUT2D eigenvalue weighted by molar-refractivity contribution is 6.32. The molecule has 1 N–H and O–H groups in total. The third kappa shape index (κ3) is 8.01. The Balaban J connectivity index is 1.44. The van der Waals surface area contributed by atoms with Crippen molar-refractivity contribution in [3.8, 4) is 23.5 Å². The lowest BCUT2D eigenvalue weighted by molar-refractivity contribution is -0.141. The number of ether oxygens (including phenoxy) is 1. The van der Waals surface area contributed by atoms with Gasteiger partial charge in [-0.2, -0.15) is 35.1 Å². The van der Waals surface area contributed by atoms with Crippen LogP contribution in [0.3, 0.4) is 0 Å². The number of nitrogens with zero attached hydrogens (tertiary/aromatic N) is 2. The van der Waals surface area contributed by atoms with Crippen molar-refractivity contribution in [2.45, 2.75) is 31.2 Å². The van der Waals surface area contributed by atoms with Gasteiger partial charge in [0.05, 0.1) is 22.2 Å². The topological polar surface area (TPSA) is 64.1 Å². The number of amides is 1. The minimum Gasteiger partial charge on any atom is -0.438 e. The minimum absolute atomic E-state index is 0.198. The van der Waals surface area contributed by atoms with Crippen LogP contribution >= 0.6 is 23.2 Å². The Kier molecular flexibility index (Phi) is 9.60. The van der Waals surface area contributed by atoms with Crippen molar-refractivity contribution in [2.24, 2.45) is 0 Å². The molecule has 0 spiro atoms. The third-order valence-electron chi connectivity index (χ3n) is 6.10. The summed E-state index contributed by atoms with van der Waals surface area (Å²) in [6.07, 6.45) is -8.19. The lowest BCUT2D eigenvalue weighted by atomic mass is 10.00. The van der Waals surface area contributed by atoms with Crippen molar-refractivity contribution in [2.75, 3.05) is 0 Å². The standard InChI is InChI=1S/C30H17Cl2F8N3O2/c1-16(43-26(44)21-3-2-12-41-25(21)30(38,39)40)28(33,34)22-11-8-18(13-23(22)31)5-4-17-6-9-20(10-7-17)45-27-24(32)14-19(15-42-27)29(35,36)37/h2-3,6-16H,1H3,(H,43,44). The van der Waals surface area contributed by atoms with E-state index in [9.17, 15) is 31.1 Å². The van der Waals surface area contributed by atoms with Gasteiger partial charge in [0.2, 0.25) is 5.88 Å². The maximum atomic E-state index is 15.2. The van der Waals surface area contributed by atoms with E-state index in [-0.39, 0.29) is 22.2 Å². The number of carbonyl (C=O) groups is 1. The van der Waals surface area contributed by atoms with Crippen molar-refractivity contribution < 1.29 is 44.7 Å². The van der Waals surface area contributed by atoms with E-state index in [1.54, 1.807) is 0 Å². The van der Waals surface area contributed by atoms with Crippen LogP contribution in [-0.2, 0) is 18.3 Å². The highest BCUT2D eigenvalue weighted by atomic mass is 35.5. The lowest BCUT2D eigenvalue weighted by Gasteiger charge is -2.26. The summed E-state index contributed by atoms with van der Waals surface area (Å²) in [7, 11) is 0. The number of halogens is 10. The SMILES string of the molecule is CC(NC(=O)c1cccnc1C(F)(F)F)C(F)(F)c1ccc(C#Cc2ccc(Oc3ncc(C(F)(F)F)cc3Cl)cc2)cc1Cl. The highest BCUT2D eigenvalue weighted by Gasteiger charge is 2.43. The van der Waals surface area contributed by atoms with Gasteiger partial charge in [-0.25, -0.2) is 4.98 Å². The van der Waals surface area contributed by atoms with Gasteiger partial charge in [0.25, 0.3) is 11.8 Å². The average molecular weight is 674 g/mol. The maximum Gasteiger partial charge on any atom is 0.434 e. The zero-order valence-electron chi connectivity index (χ0n) is 22.5. The Labute approximate surface area is 260 Å². The molecule has 0 radical (unpaired) electrons. The van der Waals surface area contributed by atoms with Crippen LogP contribution in [0, 0.1) is 11.8 Å². The molecule has 4 aromatic rings. The summed E-state index contributed by atoms with van der Waals surface area (Å²) >= 11 is 12.0. The maximum absolute atomic E-state index is 15.2. The minimum atomic E-state index is -4.98. The van der Waals surface area contributed by atoms with E-state index in [2.05, 4.69) is 21.8 Å². The van der Waals surface area contributed by atoms with E-state index in [1.165, 1.54) is 30.3 Å². The van der Waals surface area contributed by atoms with Crippen molar-refractivity contribution in [3.05, 3.63) is 117 Å². The van der Waals surface area contributed by atoms with E-state index in [0.29, 0.717) is 17.8 Å². The second-order valence-electron chi connectivity index (χ2n) is 9.30. The van der Waals surface area contributed by atoms with Crippen LogP contribution in [0.5, 0.6) is 11.6 Å². The van der Waals surface area contributed by atoms with Crippen LogP contribution in [0.4, 0.5) is 35.1 Å². The quantitative estimate of drug-likeness (QED) is 0.164. The fraction of sp³-hybridized carbons (Fsp3) is 0.167. The van der Waals surface area contributed by atoms with Crippen LogP contribution in [0.25, 0.3) is 0 Å². The smallest absolute Gasteiger partial charge is 0.434 e. The van der Waals surface area contributed by atoms with Gasteiger partial charge in [-0.15, -0.1) is 0 Å². The molecule has 4 rings (SSSR count). The summed E-state index contributed by atoms with van der Waals surface area (Å²) in [5, 5.41) is 1.13. The number of rotatable bonds is 6. The molecule has 0 aliphatic heterocycles. The van der Waals surface area contributed by atoms with E-state index in [1.807, 2.05) is 5.32 Å². The molecule has 1 unspecified atom stereocenters. The molecule has 2 aromatic heterocycles. The molecule has 0 aliphatic carbocycles. The number of hydrogen-bond acceptors (Lipinski definition) is 4. The van der Waals surface area contributed by atoms with Crippen molar-refractivity contribution in [1.82, 2.24) is 15.3 Å². The molecule has 1 amide bonds. The summed E-state index contributed by atoms with van der Waals surface area (Å²) in [5.74, 6) is 0.294. The first-order valence-electron chi connectivity index (χ1n) is 12.5. The zero-order valence-corrected chi connectivity index (χ0v) is 24.0. The van der Waals surface area contributed by atoms with Gasteiger partial charge in [-0.1, -0.05) is 41.1 Å². The predicted octanol–water partition coefficient (Wildman–Crippen LogP) is 8.92. The van der Waals surface area contributed by atoms with Gasteiger partial charge in [0, 0.05) is 29.1 Å². The number of nitrogens with one attached hydrogen (secondary N) is 1. The first kappa shape index (κ1) is 33.5. The third-order valence-corrected chi connectivity index (χ3v) is 6.68. The normalized spacial score (nSPS) is 12.6. The summed E-state index contributed by atoms with van der Waals surface area (Å²) in [6, 6.07) is 9.94. The Hall–Kier alpha value is -4.41. The largest absolute Gasteiger partial charge is 0.438 e. The van der Waals surface area contributed by atoms with Gasteiger partial charge in [-0.05, 0) is 61.5 Å². The summed E-state index contributed by atoms with van der Waals surface area (Å²) in [5.41, 5.74) is -3.47. The molecule has 0 aliphatic rings. The van der Waals surface area contributed by atoms with Crippen LogP contribution in [0.15, 0.2) is 73.1 Å². The molecule has 15 heteroatoms. The van der Waals surface area contributed by atoms with Crippen LogP contribution in [-0.4, -0.2) is 21.9 Å². The van der Waals surface area contributed by atoms with Gasteiger partial charge in [0.1, 0.15) is 10.8 Å². The molecule has 0 saturated carbocycles. The average Bonchev–Trinajstić information content (AvgIpc) is 2.96. The Morgan fingerprint density at radius 3 is 2.09 bits per heavy atom. The Morgan fingerprint density at radius 2 is 1.49 bits per heavy atom. The van der Waals surface area contributed by atoms with Crippen LogP contribution in [0.1, 0.15) is 45.2 Å². The first-order valence-corrected chi connectivity index (χ1v) is 13.3. The number of aromatic nitrogens is 2. The molecular weight excluding hydrogens is 657 g/mol. The monoisotopic (exact) mass is 673 g/mol. The van der Waals surface area contributed by atoms with Gasteiger partial charge < -0.3 is 10.1 Å². The van der Waals surface area contributed by atoms with Gasteiger partial charge >= 0.3 is 12.4 Å². The second kappa shape index (κ2) is 12.9. The number of alkyl halides is 8. The van der Waals surface area contributed by atoms with Crippen molar-refractivity contribution >= 4 is 29.1 Å². The molecule has 0 fully saturated rings. The highest BCUT2D eigenvalue weighted by Crippen LogP contribution is 2.38. The number of pyridine rings is 2. The summed E-state index contributed by atoms with van der Waals surface area (Å²) < 4.78 is 114. The van der Waals surface area contributed by atoms with Crippen molar-refractivity contribution in [3.63, 3.8) is 0 Å². The van der Waals surface area contributed by atoms with Gasteiger partial charge in [0.15, 0.2) is 5.69 Å². The number of hydrogen-bond donors (Lipinski definition) is 1. The second-order valence-corrected chi connectivity index (χ2v) is 10.1. The van der Waals surface area contributed by atoms with Crippen molar-refractivity contribution in [1.29, 1.82) is 0 Å². The molecule has 45 heavy (non-hydrogen) atoms. The molecule has 0 bridgehead atoms. The molecule has 5 nitrogen and oxygen atoms in total. The fourth-order valence-electron chi connectivity index (χ4n) is 3.79. The molecule has 2 aromatic carbocycles. The summed E-state index contributed by atoms with van der Waals surface area (Å²) in [6.45, 7) is 0.917. The predicted molar refractivity (Wildman–Crippen MR) is 148 cm³/mol. The molecular formula is C30H17Cl2F8N3O2. The molecule has 0 saturated heterocycles. The molecule has 234 valence electrons. The molecule has 2 heterocycles. The van der Waals surface area contributed by atoms with E-state index < -0.39 is 57.6 Å². The van der Waals surface area contributed by atoms with E-state index in [4.69, 9.17) is 27.9 Å². The Morgan fingerprint density at radius 1 is 0.844 bits per heavy atom. The Bertz CT molecular complexity index is 1780. The van der Waals surface area contributed by atoms with Crippen LogP contribution < -0.4 is 10.1 Å². The van der Waals surface area contributed by atoms with E-state index >= 15 is 8.78 Å². The van der Waals surface area contributed by atoms with Gasteiger partial charge in [-0.3, -0.25) is 9.78 Å². The number of carbonyl (C=O) groups excluding carboxylic acids is 1. The zero-order chi connectivity index (χ0) is 33.2. The first-order chi connectivity index (χ1) is 21.0. The molecule has 1 atom stereocenters. The summed E-state index contributed by atoms with van der Waals surface area (Å²) in [4.78, 5) is 19.2. The van der Waals surface area contributed by atoms with Crippen LogP contribution in [0.2, 0.25) is 10.0 Å². The fourth-order valence-corrected chi connectivity index (χ4v) is 4.31. The van der Waals surface area contributed by atoms with E-state index in [0.717, 1.165) is 37.4 Å².